The molecular formula is C14H13N5O2S. The fourth-order valence-electron chi connectivity index (χ4n) is 1.94. The molecule has 0 aliphatic heterocycles. The van der Waals surface area contributed by atoms with Crippen LogP contribution in [0.1, 0.15) is 6.92 Å². The number of carbonyl (C=O) groups excluding carboxylic acids is 1. The number of amides is 1. The van der Waals surface area contributed by atoms with E-state index in [0.29, 0.717) is 16.2 Å². The van der Waals surface area contributed by atoms with Crippen molar-refractivity contribution < 1.29 is 4.79 Å². The van der Waals surface area contributed by atoms with Crippen molar-refractivity contribution in [3.63, 3.8) is 0 Å². The van der Waals surface area contributed by atoms with Gasteiger partial charge >= 0.3 is 0 Å². The van der Waals surface area contributed by atoms with Crippen molar-refractivity contribution >= 4 is 28.7 Å². The minimum atomic E-state index is -0.492. The van der Waals surface area contributed by atoms with E-state index in [1.807, 2.05) is 30.3 Å². The molecule has 7 nitrogen and oxygen atoms in total. The Morgan fingerprint density at radius 3 is 2.77 bits per heavy atom. The summed E-state index contributed by atoms with van der Waals surface area (Å²) in [5.41, 5.74) is 6.18. The van der Waals surface area contributed by atoms with Gasteiger partial charge in [0.2, 0.25) is 5.91 Å². The number of hydrogen-bond donors (Lipinski definition) is 2. The van der Waals surface area contributed by atoms with Gasteiger partial charge < -0.3 is 10.7 Å². The number of nitrogens with zero attached hydrogens (tertiary/aromatic N) is 3. The van der Waals surface area contributed by atoms with Gasteiger partial charge in [0, 0.05) is 0 Å². The third kappa shape index (κ3) is 2.60. The molecule has 0 spiro atoms. The number of benzene rings is 1. The van der Waals surface area contributed by atoms with E-state index >= 15 is 0 Å². The normalized spacial score (nSPS) is 12.4. The van der Waals surface area contributed by atoms with Crippen LogP contribution < -0.4 is 11.3 Å². The molecule has 2 heterocycles. The topological polar surface area (TPSA) is 107 Å². The van der Waals surface area contributed by atoms with E-state index < -0.39 is 11.2 Å². The summed E-state index contributed by atoms with van der Waals surface area (Å²) in [5.74, 6) is -0.468. The lowest BCUT2D eigenvalue weighted by atomic mass is 10.3. The molecule has 22 heavy (non-hydrogen) atoms. The quantitative estimate of drug-likeness (QED) is 0.553. The summed E-state index contributed by atoms with van der Waals surface area (Å²) in [5, 5.41) is 4.45. The van der Waals surface area contributed by atoms with Gasteiger partial charge in [-0.3, -0.25) is 9.59 Å². The van der Waals surface area contributed by atoms with Crippen molar-refractivity contribution in [2.75, 3.05) is 0 Å². The van der Waals surface area contributed by atoms with Crippen LogP contribution in [0.4, 0.5) is 0 Å². The fourth-order valence-corrected chi connectivity index (χ4v) is 2.68. The zero-order valence-corrected chi connectivity index (χ0v) is 12.5. The lowest BCUT2D eigenvalue weighted by Crippen LogP contribution is -2.23. The molecule has 1 amide bonds. The summed E-state index contributed by atoms with van der Waals surface area (Å²) in [7, 11) is 0. The molecule has 3 rings (SSSR count). The van der Waals surface area contributed by atoms with Crippen molar-refractivity contribution in [2.24, 2.45) is 5.73 Å². The van der Waals surface area contributed by atoms with Crippen molar-refractivity contribution in [3.8, 4) is 5.69 Å². The van der Waals surface area contributed by atoms with Crippen LogP contribution in [-0.4, -0.2) is 30.9 Å². The highest BCUT2D eigenvalue weighted by molar-refractivity contribution is 8.00. The first-order valence-electron chi connectivity index (χ1n) is 6.55. The number of nitrogens with two attached hydrogens (primary N) is 1. The summed E-state index contributed by atoms with van der Waals surface area (Å²) >= 11 is 1.11. The second-order valence-corrected chi connectivity index (χ2v) is 5.99. The molecule has 1 aromatic carbocycles. The zero-order valence-electron chi connectivity index (χ0n) is 11.7. The summed E-state index contributed by atoms with van der Waals surface area (Å²) < 4.78 is 1.59. The summed E-state index contributed by atoms with van der Waals surface area (Å²) in [6.45, 7) is 1.66. The standard InChI is InChI=1S/C14H13N5O2S/c1-8(11(15)20)22-14-17-12-10(13(21)18-14)7-16-19(12)9-5-3-2-4-6-9/h2-8H,1H3,(H2,15,20)(H,17,18,21). The summed E-state index contributed by atoms with van der Waals surface area (Å²) in [4.78, 5) is 30.3. The number of aromatic nitrogens is 4. The predicted molar refractivity (Wildman–Crippen MR) is 84.0 cm³/mol. The second kappa shape index (κ2) is 5.64. The predicted octanol–water partition coefficient (Wildman–Crippen LogP) is 1.07. The van der Waals surface area contributed by atoms with Crippen LogP contribution in [0.5, 0.6) is 0 Å². The molecule has 3 N–H and O–H groups in total. The lowest BCUT2D eigenvalue weighted by molar-refractivity contribution is -0.117. The molecule has 0 fully saturated rings. The van der Waals surface area contributed by atoms with Gasteiger partial charge in [0.05, 0.1) is 17.1 Å². The van der Waals surface area contributed by atoms with Crippen LogP contribution in [0, 0.1) is 0 Å². The highest BCUT2D eigenvalue weighted by Gasteiger charge is 2.16. The third-order valence-electron chi connectivity index (χ3n) is 3.11. The van der Waals surface area contributed by atoms with Crippen LogP contribution >= 0.6 is 11.8 Å². The van der Waals surface area contributed by atoms with Gasteiger partial charge in [-0.15, -0.1) is 0 Å². The van der Waals surface area contributed by atoms with E-state index in [1.54, 1.807) is 11.6 Å². The Labute approximate surface area is 129 Å². The van der Waals surface area contributed by atoms with Crippen molar-refractivity contribution in [1.82, 2.24) is 19.7 Å². The minimum Gasteiger partial charge on any atom is -0.369 e. The van der Waals surface area contributed by atoms with E-state index in [4.69, 9.17) is 5.73 Å². The van der Waals surface area contributed by atoms with Crippen molar-refractivity contribution in [2.45, 2.75) is 17.3 Å². The summed E-state index contributed by atoms with van der Waals surface area (Å²) in [6, 6.07) is 9.38. The number of para-hydroxylation sites is 1. The molecule has 0 aliphatic rings. The van der Waals surface area contributed by atoms with Gasteiger partial charge in [-0.2, -0.15) is 5.10 Å². The first-order chi connectivity index (χ1) is 10.6. The monoisotopic (exact) mass is 315 g/mol. The van der Waals surface area contributed by atoms with Crippen molar-refractivity contribution in [3.05, 3.63) is 46.9 Å². The number of nitrogens with one attached hydrogen (secondary N) is 1. The first-order valence-corrected chi connectivity index (χ1v) is 7.43. The summed E-state index contributed by atoms with van der Waals surface area (Å²) in [6.07, 6.45) is 1.47. The number of hydrogen-bond acceptors (Lipinski definition) is 5. The molecule has 0 bridgehead atoms. The number of H-pyrrole nitrogens is 1. The Bertz CT molecular complexity index is 887. The van der Waals surface area contributed by atoms with E-state index in [1.165, 1.54) is 6.20 Å². The van der Waals surface area contributed by atoms with E-state index in [0.717, 1.165) is 17.4 Å². The van der Waals surface area contributed by atoms with E-state index in [2.05, 4.69) is 15.1 Å². The highest BCUT2D eigenvalue weighted by Crippen LogP contribution is 2.20. The van der Waals surface area contributed by atoms with Crippen LogP contribution in [0.3, 0.4) is 0 Å². The Hall–Kier alpha value is -2.61. The number of rotatable bonds is 4. The van der Waals surface area contributed by atoms with Gasteiger partial charge in [0.1, 0.15) is 5.39 Å². The van der Waals surface area contributed by atoms with Gasteiger partial charge in [0.25, 0.3) is 5.56 Å². The SMILES string of the molecule is CC(Sc1nc2c(cnn2-c2ccccc2)c(=O)[nH]1)C(N)=O. The smallest absolute Gasteiger partial charge is 0.262 e. The number of fused-ring (bicyclic) bond motifs is 1. The molecule has 0 aliphatic carbocycles. The molecule has 1 unspecified atom stereocenters. The van der Waals surface area contributed by atoms with Crippen LogP contribution in [0.15, 0.2) is 46.5 Å². The molecule has 8 heteroatoms. The molecule has 2 aromatic heterocycles. The number of carbonyl (C=O) groups is 1. The largest absolute Gasteiger partial charge is 0.369 e. The highest BCUT2D eigenvalue weighted by atomic mass is 32.2. The molecule has 1 atom stereocenters. The maximum atomic E-state index is 12.1. The minimum absolute atomic E-state index is 0.300. The molecule has 112 valence electrons. The fraction of sp³-hybridized carbons (Fsp3) is 0.143. The zero-order chi connectivity index (χ0) is 15.7. The maximum absolute atomic E-state index is 12.1. The van der Waals surface area contributed by atoms with Gasteiger partial charge in [-0.05, 0) is 19.1 Å². The number of primary amides is 1. The number of aromatic amines is 1. The Morgan fingerprint density at radius 1 is 1.36 bits per heavy atom. The molecular weight excluding hydrogens is 302 g/mol. The maximum Gasteiger partial charge on any atom is 0.262 e. The molecule has 0 radical (unpaired) electrons. The van der Waals surface area contributed by atoms with Gasteiger partial charge in [-0.25, -0.2) is 9.67 Å². The van der Waals surface area contributed by atoms with Crippen LogP contribution in [0.25, 0.3) is 16.7 Å². The Balaban J connectivity index is 2.12. The van der Waals surface area contributed by atoms with Crippen LogP contribution in [-0.2, 0) is 4.79 Å². The van der Waals surface area contributed by atoms with Crippen molar-refractivity contribution in [1.29, 1.82) is 0 Å². The first kappa shape index (κ1) is 14.3. The second-order valence-electron chi connectivity index (χ2n) is 4.66. The third-order valence-corrected chi connectivity index (χ3v) is 4.11. The van der Waals surface area contributed by atoms with E-state index in [-0.39, 0.29) is 5.56 Å². The van der Waals surface area contributed by atoms with Gasteiger partial charge in [-0.1, -0.05) is 30.0 Å². The Morgan fingerprint density at radius 2 is 2.09 bits per heavy atom. The Kier molecular flexibility index (Phi) is 3.68. The molecule has 0 saturated carbocycles. The number of thioether (sulfide) groups is 1. The lowest BCUT2D eigenvalue weighted by Gasteiger charge is -2.07. The van der Waals surface area contributed by atoms with Crippen LogP contribution in [0.2, 0.25) is 0 Å². The average molecular weight is 315 g/mol. The molecule has 3 aromatic rings. The molecule has 0 saturated heterocycles. The van der Waals surface area contributed by atoms with Gasteiger partial charge in [0.15, 0.2) is 10.8 Å². The average Bonchev–Trinajstić information content (AvgIpc) is 2.92. The van der Waals surface area contributed by atoms with E-state index in [9.17, 15) is 9.59 Å².